The third-order valence-electron chi connectivity index (χ3n) is 4.09. The third-order valence-corrected chi connectivity index (χ3v) is 4.96. The second-order valence-electron chi connectivity index (χ2n) is 5.96. The summed E-state index contributed by atoms with van der Waals surface area (Å²) in [6, 6.07) is 15.6. The van der Waals surface area contributed by atoms with Gasteiger partial charge in [-0.15, -0.1) is 10.2 Å². The van der Waals surface area contributed by atoms with Crippen LogP contribution in [0, 0.1) is 0 Å². The van der Waals surface area contributed by atoms with E-state index in [-0.39, 0.29) is 0 Å². The highest BCUT2D eigenvalue weighted by Crippen LogP contribution is 2.29. The van der Waals surface area contributed by atoms with Gasteiger partial charge in [0.1, 0.15) is 12.0 Å². The summed E-state index contributed by atoms with van der Waals surface area (Å²) in [6.07, 6.45) is 1.52. The molecule has 0 fully saturated rings. The highest BCUT2D eigenvalue weighted by Gasteiger charge is 2.13. The monoisotopic (exact) mass is 368 g/mol. The number of nitrogens with zero attached hydrogens (tertiary/aromatic N) is 2. The van der Waals surface area contributed by atoms with E-state index in [0.717, 1.165) is 17.6 Å². The summed E-state index contributed by atoms with van der Waals surface area (Å²) in [5.74, 6) is 2.25. The molecular formula is C20H20N2O3S. The van der Waals surface area contributed by atoms with Gasteiger partial charge in [0.2, 0.25) is 5.89 Å². The van der Waals surface area contributed by atoms with E-state index in [4.69, 9.17) is 9.15 Å². The minimum absolute atomic E-state index is 0.305. The molecule has 0 bridgehead atoms. The molecule has 0 radical (unpaired) electrons. The largest absolute Gasteiger partial charge is 0.496 e. The van der Waals surface area contributed by atoms with Crippen molar-refractivity contribution in [1.29, 1.82) is 0 Å². The number of aromatic nitrogens is 2. The molecule has 1 aromatic heterocycles. The van der Waals surface area contributed by atoms with Crippen LogP contribution in [0.25, 0.3) is 0 Å². The van der Waals surface area contributed by atoms with E-state index < -0.39 is 0 Å². The molecule has 1 atom stereocenters. The average molecular weight is 368 g/mol. The highest BCUT2D eigenvalue weighted by atomic mass is 32.2. The first-order valence-corrected chi connectivity index (χ1v) is 9.30. The van der Waals surface area contributed by atoms with Crippen molar-refractivity contribution in [2.45, 2.75) is 30.2 Å². The zero-order valence-electron chi connectivity index (χ0n) is 14.7. The van der Waals surface area contributed by atoms with Gasteiger partial charge in [0.15, 0.2) is 0 Å². The van der Waals surface area contributed by atoms with Gasteiger partial charge in [-0.05, 0) is 29.7 Å². The van der Waals surface area contributed by atoms with Gasteiger partial charge in [-0.25, -0.2) is 0 Å². The molecule has 3 rings (SSSR count). The second-order valence-corrected chi connectivity index (χ2v) is 6.88. The molecule has 0 saturated heterocycles. The van der Waals surface area contributed by atoms with E-state index >= 15 is 0 Å². The number of carbonyl (C=O) groups is 1. The number of hydrogen-bond acceptors (Lipinski definition) is 6. The molecule has 0 saturated carbocycles. The SMILES string of the molecule is COc1ccc(C=O)cc1CSc1nnc(CC(C)c2ccccc2)o1. The standard InChI is InChI=1S/C20H20N2O3S/c1-14(16-6-4-3-5-7-16)10-19-21-22-20(25-19)26-13-17-11-15(12-23)8-9-18(17)24-2/h3-9,11-12,14H,10,13H2,1-2H3. The van der Waals surface area contributed by atoms with Crippen LogP contribution in [0.15, 0.2) is 58.2 Å². The minimum atomic E-state index is 0.305. The molecule has 2 aromatic carbocycles. The summed E-state index contributed by atoms with van der Waals surface area (Å²) in [5, 5.41) is 8.77. The van der Waals surface area contributed by atoms with Crippen LogP contribution in [-0.2, 0) is 12.2 Å². The third kappa shape index (κ3) is 4.52. The van der Waals surface area contributed by atoms with E-state index in [1.165, 1.54) is 17.3 Å². The number of carbonyl (C=O) groups excluding carboxylic acids is 1. The normalized spacial score (nSPS) is 11.9. The predicted octanol–water partition coefficient (Wildman–Crippen LogP) is 4.53. The number of aldehydes is 1. The molecule has 1 heterocycles. The first-order valence-electron chi connectivity index (χ1n) is 8.32. The van der Waals surface area contributed by atoms with Crippen LogP contribution in [0.3, 0.4) is 0 Å². The van der Waals surface area contributed by atoms with Crippen LogP contribution < -0.4 is 4.74 Å². The fourth-order valence-electron chi connectivity index (χ4n) is 2.66. The van der Waals surface area contributed by atoms with Gasteiger partial charge in [-0.3, -0.25) is 4.79 Å². The topological polar surface area (TPSA) is 65.2 Å². The fraction of sp³-hybridized carbons (Fsp3) is 0.250. The molecule has 26 heavy (non-hydrogen) atoms. The Hall–Kier alpha value is -2.60. The number of methoxy groups -OCH3 is 1. The van der Waals surface area contributed by atoms with Gasteiger partial charge in [0, 0.05) is 23.3 Å². The second kappa shape index (κ2) is 8.67. The van der Waals surface area contributed by atoms with Crippen molar-refractivity contribution in [3.05, 3.63) is 71.1 Å². The summed E-state index contributed by atoms with van der Waals surface area (Å²) in [7, 11) is 1.61. The van der Waals surface area contributed by atoms with Crippen molar-refractivity contribution in [1.82, 2.24) is 10.2 Å². The Kier molecular flexibility index (Phi) is 6.07. The Morgan fingerprint density at radius 2 is 2.00 bits per heavy atom. The van der Waals surface area contributed by atoms with Crippen LogP contribution in [-0.4, -0.2) is 23.6 Å². The lowest BCUT2D eigenvalue weighted by molar-refractivity contribution is 0.112. The molecular weight excluding hydrogens is 348 g/mol. The molecule has 0 aliphatic heterocycles. The maximum atomic E-state index is 11.0. The predicted molar refractivity (Wildman–Crippen MR) is 101 cm³/mol. The van der Waals surface area contributed by atoms with Gasteiger partial charge in [0.25, 0.3) is 5.22 Å². The van der Waals surface area contributed by atoms with Crippen LogP contribution in [0.2, 0.25) is 0 Å². The van der Waals surface area contributed by atoms with E-state index in [2.05, 4.69) is 29.3 Å². The van der Waals surface area contributed by atoms with E-state index in [1.807, 2.05) is 24.3 Å². The number of hydrogen-bond donors (Lipinski definition) is 0. The van der Waals surface area contributed by atoms with Crippen molar-refractivity contribution in [3.8, 4) is 5.75 Å². The summed E-state index contributed by atoms with van der Waals surface area (Å²) < 4.78 is 11.1. The molecule has 0 spiro atoms. The fourth-order valence-corrected chi connectivity index (χ4v) is 3.42. The molecule has 6 heteroatoms. The Morgan fingerprint density at radius 3 is 2.73 bits per heavy atom. The molecule has 3 aromatic rings. The molecule has 1 unspecified atom stereocenters. The quantitative estimate of drug-likeness (QED) is 0.430. The van der Waals surface area contributed by atoms with Crippen LogP contribution in [0.1, 0.15) is 40.2 Å². The Bertz CT molecular complexity index is 865. The van der Waals surface area contributed by atoms with Gasteiger partial charge >= 0.3 is 0 Å². The molecule has 0 aliphatic rings. The van der Waals surface area contributed by atoms with Gasteiger partial charge in [-0.2, -0.15) is 0 Å². The van der Waals surface area contributed by atoms with E-state index in [1.54, 1.807) is 19.2 Å². The summed E-state index contributed by atoms with van der Waals surface area (Å²) in [4.78, 5) is 11.0. The summed E-state index contributed by atoms with van der Waals surface area (Å²) in [5.41, 5.74) is 2.78. The minimum Gasteiger partial charge on any atom is -0.496 e. The lowest BCUT2D eigenvalue weighted by Gasteiger charge is -2.08. The van der Waals surface area contributed by atoms with Crippen LogP contribution in [0.5, 0.6) is 5.75 Å². The number of thioether (sulfide) groups is 1. The lowest BCUT2D eigenvalue weighted by atomic mass is 9.98. The number of ether oxygens (including phenoxy) is 1. The van der Waals surface area contributed by atoms with E-state index in [0.29, 0.717) is 34.8 Å². The molecule has 0 amide bonds. The molecule has 134 valence electrons. The highest BCUT2D eigenvalue weighted by molar-refractivity contribution is 7.98. The average Bonchev–Trinajstić information content (AvgIpc) is 3.14. The Morgan fingerprint density at radius 1 is 1.19 bits per heavy atom. The molecule has 0 aliphatic carbocycles. The van der Waals surface area contributed by atoms with Gasteiger partial charge in [-0.1, -0.05) is 49.0 Å². The summed E-state index contributed by atoms with van der Waals surface area (Å²) in [6.45, 7) is 2.14. The van der Waals surface area contributed by atoms with Crippen molar-refractivity contribution < 1.29 is 13.9 Å². The molecule has 0 N–H and O–H groups in total. The Balaban J connectivity index is 1.63. The van der Waals surface area contributed by atoms with Gasteiger partial charge < -0.3 is 9.15 Å². The Labute approximate surface area is 156 Å². The first kappa shape index (κ1) is 18.2. The lowest BCUT2D eigenvalue weighted by Crippen LogP contribution is -1.98. The first-order chi connectivity index (χ1) is 12.7. The zero-order valence-corrected chi connectivity index (χ0v) is 15.5. The number of benzene rings is 2. The van der Waals surface area contributed by atoms with Crippen molar-refractivity contribution in [2.24, 2.45) is 0 Å². The van der Waals surface area contributed by atoms with Crippen molar-refractivity contribution in [3.63, 3.8) is 0 Å². The van der Waals surface area contributed by atoms with Crippen molar-refractivity contribution in [2.75, 3.05) is 7.11 Å². The summed E-state index contributed by atoms with van der Waals surface area (Å²) >= 11 is 1.43. The smallest absolute Gasteiger partial charge is 0.276 e. The molecule has 5 nitrogen and oxygen atoms in total. The number of rotatable bonds is 8. The van der Waals surface area contributed by atoms with Crippen LogP contribution in [0.4, 0.5) is 0 Å². The maximum absolute atomic E-state index is 11.0. The van der Waals surface area contributed by atoms with E-state index in [9.17, 15) is 4.79 Å². The van der Waals surface area contributed by atoms with Crippen molar-refractivity contribution >= 4 is 18.0 Å². The maximum Gasteiger partial charge on any atom is 0.276 e. The van der Waals surface area contributed by atoms with Crippen LogP contribution >= 0.6 is 11.8 Å². The zero-order chi connectivity index (χ0) is 18.4. The van der Waals surface area contributed by atoms with Gasteiger partial charge in [0.05, 0.1) is 7.11 Å².